The Morgan fingerprint density at radius 3 is 2.63 bits per heavy atom. The van der Waals surface area contributed by atoms with E-state index in [0.29, 0.717) is 17.4 Å². The molecular weight excluding hydrogens is 407 g/mol. The number of amides is 1. The number of hydrogen-bond donors (Lipinski definition) is 2. The third-order valence-corrected chi connectivity index (χ3v) is 7.32. The van der Waals surface area contributed by atoms with Crippen LogP contribution in [0.5, 0.6) is 5.75 Å². The SMILES string of the molecule is COc1cccc(NC(=O)c2cc(S(=O)(=O)N[C@@H]3CCC[C@@H](C)[C@@H]3C)ccc2F)c1. The molecule has 0 saturated heterocycles. The van der Waals surface area contributed by atoms with Crippen LogP contribution in [0.25, 0.3) is 0 Å². The number of hydrogen-bond acceptors (Lipinski definition) is 4. The van der Waals surface area contributed by atoms with Gasteiger partial charge in [-0.15, -0.1) is 0 Å². The first kappa shape index (κ1) is 22.2. The van der Waals surface area contributed by atoms with Gasteiger partial charge in [0.1, 0.15) is 11.6 Å². The Balaban J connectivity index is 1.82. The highest BCUT2D eigenvalue weighted by atomic mass is 32.2. The number of benzene rings is 2. The van der Waals surface area contributed by atoms with E-state index in [-0.39, 0.29) is 22.4 Å². The Labute approximate surface area is 176 Å². The Kier molecular flexibility index (Phi) is 6.77. The van der Waals surface area contributed by atoms with Crippen LogP contribution >= 0.6 is 0 Å². The van der Waals surface area contributed by atoms with Crippen molar-refractivity contribution in [3.8, 4) is 5.75 Å². The minimum absolute atomic E-state index is 0.134. The van der Waals surface area contributed by atoms with E-state index in [0.717, 1.165) is 31.4 Å². The molecule has 0 unspecified atom stereocenters. The number of anilines is 1. The fourth-order valence-electron chi connectivity index (χ4n) is 3.76. The van der Waals surface area contributed by atoms with Crippen molar-refractivity contribution < 1.29 is 22.3 Å². The van der Waals surface area contributed by atoms with Crippen molar-refractivity contribution in [2.75, 3.05) is 12.4 Å². The molecule has 0 radical (unpaired) electrons. The van der Waals surface area contributed by atoms with Gasteiger partial charge in [0.2, 0.25) is 10.0 Å². The van der Waals surface area contributed by atoms with Gasteiger partial charge < -0.3 is 10.1 Å². The zero-order chi connectivity index (χ0) is 21.9. The lowest BCUT2D eigenvalue weighted by atomic mass is 9.78. The van der Waals surface area contributed by atoms with Crippen LogP contribution in [0, 0.1) is 17.7 Å². The van der Waals surface area contributed by atoms with Crippen LogP contribution in [-0.2, 0) is 10.0 Å². The first-order valence-corrected chi connectivity index (χ1v) is 11.5. The first-order valence-electron chi connectivity index (χ1n) is 9.98. The van der Waals surface area contributed by atoms with E-state index in [9.17, 15) is 17.6 Å². The molecule has 30 heavy (non-hydrogen) atoms. The Hall–Kier alpha value is -2.45. The van der Waals surface area contributed by atoms with Gasteiger partial charge in [-0.05, 0) is 48.6 Å². The predicted octanol–water partition coefficient (Wildman–Crippen LogP) is 4.19. The maximum Gasteiger partial charge on any atom is 0.258 e. The number of carbonyl (C=O) groups excluding carboxylic acids is 1. The number of halogens is 1. The molecule has 8 heteroatoms. The Morgan fingerprint density at radius 1 is 1.13 bits per heavy atom. The van der Waals surface area contributed by atoms with Crippen LogP contribution in [0.3, 0.4) is 0 Å². The van der Waals surface area contributed by atoms with Crippen LogP contribution in [-0.4, -0.2) is 27.5 Å². The molecule has 6 nitrogen and oxygen atoms in total. The van der Waals surface area contributed by atoms with E-state index in [4.69, 9.17) is 4.74 Å². The molecule has 3 atom stereocenters. The van der Waals surface area contributed by atoms with Gasteiger partial charge in [-0.25, -0.2) is 17.5 Å². The molecule has 1 aliphatic carbocycles. The summed E-state index contributed by atoms with van der Waals surface area (Å²) in [6.45, 7) is 4.15. The molecule has 0 aromatic heterocycles. The maximum absolute atomic E-state index is 14.3. The summed E-state index contributed by atoms with van der Waals surface area (Å²) in [4.78, 5) is 12.5. The molecule has 1 amide bonds. The second-order valence-electron chi connectivity index (χ2n) is 7.82. The molecule has 2 N–H and O–H groups in total. The number of carbonyl (C=O) groups is 1. The molecule has 0 bridgehead atoms. The summed E-state index contributed by atoms with van der Waals surface area (Å²) in [7, 11) is -2.39. The molecule has 3 rings (SSSR count). The van der Waals surface area contributed by atoms with E-state index < -0.39 is 21.7 Å². The van der Waals surface area contributed by atoms with Crippen LogP contribution in [0.15, 0.2) is 47.4 Å². The largest absolute Gasteiger partial charge is 0.497 e. The normalized spacial score (nSPS) is 21.8. The lowest BCUT2D eigenvalue weighted by molar-refractivity contribution is 0.102. The van der Waals surface area contributed by atoms with Gasteiger partial charge in [0.15, 0.2) is 0 Å². The molecular formula is C22H27FN2O4S. The molecule has 1 aliphatic rings. The van der Waals surface area contributed by atoms with Gasteiger partial charge >= 0.3 is 0 Å². The molecule has 0 heterocycles. The quantitative estimate of drug-likeness (QED) is 0.714. The average Bonchev–Trinajstić information content (AvgIpc) is 2.71. The topological polar surface area (TPSA) is 84.5 Å². The molecule has 2 aromatic carbocycles. The van der Waals surface area contributed by atoms with Crippen LogP contribution in [0.1, 0.15) is 43.5 Å². The third kappa shape index (κ3) is 4.99. The standard InChI is InChI=1S/C22H27FN2O4S/c1-14-6-4-9-21(15(14)2)25-30(27,28)18-10-11-20(23)19(13-18)22(26)24-16-7-5-8-17(12-16)29-3/h5,7-8,10-15,21,25H,4,6,9H2,1-3H3,(H,24,26)/t14-,15+,21-/m1/s1. The van der Waals surface area contributed by atoms with E-state index in [1.54, 1.807) is 24.3 Å². The minimum Gasteiger partial charge on any atom is -0.497 e. The molecule has 0 spiro atoms. The van der Waals surface area contributed by atoms with Crippen molar-refractivity contribution in [1.82, 2.24) is 4.72 Å². The molecule has 1 fully saturated rings. The molecule has 0 aliphatic heterocycles. The lowest BCUT2D eigenvalue weighted by Gasteiger charge is -2.34. The van der Waals surface area contributed by atoms with E-state index in [1.165, 1.54) is 13.2 Å². The average molecular weight is 435 g/mol. The van der Waals surface area contributed by atoms with Crippen molar-refractivity contribution in [3.63, 3.8) is 0 Å². The summed E-state index contributed by atoms with van der Waals surface area (Å²) in [5.41, 5.74) is 0.0703. The highest BCUT2D eigenvalue weighted by molar-refractivity contribution is 7.89. The fraction of sp³-hybridized carbons (Fsp3) is 0.409. The first-order chi connectivity index (χ1) is 14.2. The van der Waals surface area contributed by atoms with Gasteiger partial charge in [0.05, 0.1) is 17.6 Å². The summed E-state index contributed by atoms with van der Waals surface area (Å²) < 4.78 is 48.0. The van der Waals surface area contributed by atoms with Crippen LogP contribution in [0.2, 0.25) is 0 Å². The number of rotatable bonds is 6. The monoisotopic (exact) mass is 434 g/mol. The van der Waals surface area contributed by atoms with Crippen molar-refractivity contribution in [2.45, 2.75) is 44.0 Å². The number of methoxy groups -OCH3 is 1. The maximum atomic E-state index is 14.3. The fourth-order valence-corrected chi connectivity index (χ4v) is 5.15. The summed E-state index contributed by atoms with van der Waals surface area (Å²) in [5, 5.41) is 2.57. The Bertz CT molecular complexity index is 1030. The van der Waals surface area contributed by atoms with Gasteiger partial charge in [-0.2, -0.15) is 0 Å². The minimum atomic E-state index is -3.89. The summed E-state index contributed by atoms with van der Waals surface area (Å²) in [5.74, 6) is -0.384. The van der Waals surface area contributed by atoms with Crippen molar-refractivity contribution in [2.24, 2.45) is 11.8 Å². The summed E-state index contributed by atoms with van der Waals surface area (Å²) in [6.07, 6.45) is 2.79. The predicted molar refractivity (Wildman–Crippen MR) is 114 cm³/mol. The van der Waals surface area contributed by atoms with Crippen molar-refractivity contribution >= 4 is 21.6 Å². The van der Waals surface area contributed by atoms with Gasteiger partial charge in [-0.1, -0.05) is 32.8 Å². The van der Waals surface area contributed by atoms with E-state index >= 15 is 0 Å². The van der Waals surface area contributed by atoms with E-state index in [2.05, 4.69) is 17.0 Å². The molecule has 162 valence electrons. The summed E-state index contributed by atoms with van der Waals surface area (Å²) in [6, 6.07) is 9.68. The third-order valence-electron chi connectivity index (χ3n) is 5.83. The molecule has 1 saturated carbocycles. The highest BCUT2D eigenvalue weighted by Gasteiger charge is 2.31. The lowest BCUT2D eigenvalue weighted by Crippen LogP contribution is -2.43. The zero-order valence-corrected chi connectivity index (χ0v) is 18.1. The van der Waals surface area contributed by atoms with Crippen molar-refractivity contribution in [1.29, 1.82) is 0 Å². The number of sulfonamides is 1. The second-order valence-corrected chi connectivity index (χ2v) is 9.54. The van der Waals surface area contributed by atoms with E-state index in [1.807, 2.05) is 6.92 Å². The number of ether oxygens (including phenoxy) is 1. The van der Waals surface area contributed by atoms with Gasteiger partial charge in [0.25, 0.3) is 5.91 Å². The summed E-state index contributed by atoms with van der Waals surface area (Å²) >= 11 is 0. The van der Waals surface area contributed by atoms with Crippen molar-refractivity contribution in [3.05, 3.63) is 53.8 Å². The van der Waals surface area contributed by atoms with Crippen LogP contribution in [0.4, 0.5) is 10.1 Å². The second kappa shape index (κ2) is 9.14. The van der Waals surface area contributed by atoms with Crippen LogP contribution < -0.4 is 14.8 Å². The zero-order valence-electron chi connectivity index (χ0n) is 17.3. The number of nitrogens with one attached hydrogen (secondary N) is 2. The Morgan fingerprint density at radius 2 is 1.90 bits per heavy atom. The van der Waals surface area contributed by atoms with Gasteiger partial charge in [-0.3, -0.25) is 4.79 Å². The highest BCUT2D eigenvalue weighted by Crippen LogP contribution is 2.30. The smallest absolute Gasteiger partial charge is 0.258 e. The van der Waals surface area contributed by atoms with Gasteiger partial charge in [0, 0.05) is 17.8 Å². The molecule has 2 aromatic rings.